The number of hydrogen-bond acceptors (Lipinski definition) is 1. The maximum absolute atomic E-state index is 4.43. The third kappa shape index (κ3) is 3.02. The van der Waals surface area contributed by atoms with Crippen LogP contribution in [-0.4, -0.2) is 5.71 Å². The largest absolute Gasteiger partial charge is 0.265 e. The van der Waals surface area contributed by atoms with Crippen LogP contribution in [0.1, 0.15) is 27.2 Å². The van der Waals surface area contributed by atoms with Gasteiger partial charge in [0.1, 0.15) is 0 Å². The minimum atomic E-state index is 0.137. The first-order valence-corrected chi connectivity index (χ1v) is 4.58. The van der Waals surface area contributed by atoms with Crippen molar-refractivity contribution in [3.63, 3.8) is 0 Å². The van der Waals surface area contributed by atoms with Gasteiger partial charge < -0.3 is 0 Å². The molecule has 1 rings (SSSR count). The molecule has 13 heavy (non-hydrogen) atoms. The van der Waals surface area contributed by atoms with Crippen molar-refractivity contribution < 1.29 is 0 Å². The molecule has 70 valence electrons. The normalized spacial score (nSPS) is 23.0. The second-order valence-electron chi connectivity index (χ2n) is 4.36. The molecule has 0 aromatic heterocycles. The van der Waals surface area contributed by atoms with E-state index in [2.05, 4.69) is 32.3 Å². The van der Waals surface area contributed by atoms with E-state index in [-0.39, 0.29) is 5.41 Å². The van der Waals surface area contributed by atoms with Crippen LogP contribution in [0.4, 0.5) is 0 Å². The molecule has 0 unspecified atom stereocenters. The molecule has 0 saturated heterocycles. The molecule has 1 heteroatoms. The van der Waals surface area contributed by atoms with Crippen molar-refractivity contribution in [2.45, 2.75) is 27.2 Å². The number of hydrogen-bond donors (Lipinski definition) is 0. The first kappa shape index (κ1) is 9.97. The average molecular weight is 175 g/mol. The molecule has 1 aliphatic rings. The molecule has 0 aliphatic carbocycles. The minimum Gasteiger partial charge on any atom is -0.265 e. The molecular weight excluding hydrogens is 158 g/mol. The van der Waals surface area contributed by atoms with E-state index >= 15 is 0 Å². The molecule has 1 heterocycles. The van der Waals surface area contributed by atoms with Crippen molar-refractivity contribution in [2.24, 2.45) is 10.4 Å². The smallest absolute Gasteiger partial charge is 0.0276 e. The van der Waals surface area contributed by atoms with Gasteiger partial charge in [0.15, 0.2) is 0 Å². The Hall–Kier alpha value is -1.11. The number of aliphatic imine (C=N–C) groups is 1. The van der Waals surface area contributed by atoms with Gasteiger partial charge >= 0.3 is 0 Å². The van der Waals surface area contributed by atoms with Gasteiger partial charge in [0.2, 0.25) is 0 Å². The Kier molecular flexibility index (Phi) is 2.86. The summed E-state index contributed by atoms with van der Waals surface area (Å²) in [5, 5.41) is 0. The van der Waals surface area contributed by atoms with Gasteiger partial charge in [-0.1, -0.05) is 39.5 Å². The third-order valence-electron chi connectivity index (χ3n) is 2.02. The summed E-state index contributed by atoms with van der Waals surface area (Å²) in [5.41, 5.74) is 2.45. The standard InChI is InChI=1S/C12H17N/c1-10-7-5-6-8-13-11(9-10)12(2,3)4/h5-8H,1,9H2,2-4H3/b7-5-,8-6-,13-11?. The van der Waals surface area contributed by atoms with E-state index in [9.17, 15) is 0 Å². The number of rotatable bonds is 0. The fraction of sp³-hybridized carbons (Fsp3) is 0.417. The quantitative estimate of drug-likeness (QED) is 0.534. The molecule has 0 amide bonds. The molecule has 1 aliphatic heterocycles. The highest BCUT2D eigenvalue weighted by Crippen LogP contribution is 2.22. The second-order valence-corrected chi connectivity index (χ2v) is 4.36. The van der Waals surface area contributed by atoms with Crippen LogP contribution in [0, 0.1) is 5.41 Å². The van der Waals surface area contributed by atoms with Crippen LogP contribution in [0.3, 0.4) is 0 Å². The summed E-state index contributed by atoms with van der Waals surface area (Å²) in [6, 6.07) is 0. The average Bonchev–Trinajstić information content (AvgIpc) is 1.94. The van der Waals surface area contributed by atoms with Gasteiger partial charge in [0, 0.05) is 23.7 Å². The Labute approximate surface area is 80.6 Å². The lowest BCUT2D eigenvalue weighted by atomic mass is 9.86. The van der Waals surface area contributed by atoms with Gasteiger partial charge in [-0.25, -0.2) is 0 Å². The van der Waals surface area contributed by atoms with E-state index in [1.165, 1.54) is 5.71 Å². The van der Waals surface area contributed by atoms with Gasteiger partial charge in [-0.3, -0.25) is 4.99 Å². The molecule has 0 atom stereocenters. The Morgan fingerprint density at radius 3 is 2.62 bits per heavy atom. The van der Waals surface area contributed by atoms with Crippen LogP contribution >= 0.6 is 0 Å². The number of nitrogens with zero attached hydrogens (tertiary/aromatic N) is 1. The Balaban J connectivity index is 2.92. The molecule has 0 saturated carbocycles. The van der Waals surface area contributed by atoms with Crippen molar-refractivity contribution in [1.82, 2.24) is 0 Å². The van der Waals surface area contributed by atoms with E-state index in [0.717, 1.165) is 12.0 Å². The predicted molar refractivity (Wildman–Crippen MR) is 58.9 cm³/mol. The summed E-state index contributed by atoms with van der Waals surface area (Å²) in [7, 11) is 0. The summed E-state index contributed by atoms with van der Waals surface area (Å²) in [6.07, 6.45) is 8.69. The SMILES string of the molecule is C=C1/C=C\C=C/N=C(C(C)(C)C)C1. The van der Waals surface area contributed by atoms with E-state index in [4.69, 9.17) is 0 Å². The highest BCUT2D eigenvalue weighted by Gasteiger charge is 2.18. The molecule has 0 aromatic carbocycles. The topological polar surface area (TPSA) is 12.4 Å². The Morgan fingerprint density at radius 2 is 2.00 bits per heavy atom. The van der Waals surface area contributed by atoms with Crippen LogP contribution in [0.15, 0.2) is 41.6 Å². The lowest BCUT2D eigenvalue weighted by Crippen LogP contribution is -2.20. The first-order chi connectivity index (χ1) is 6.00. The van der Waals surface area contributed by atoms with Crippen molar-refractivity contribution in [1.29, 1.82) is 0 Å². The molecule has 0 aromatic rings. The summed E-state index contributed by atoms with van der Waals surface area (Å²) in [5.74, 6) is 0. The van der Waals surface area contributed by atoms with E-state index in [1.54, 1.807) is 0 Å². The maximum atomic E-state index is 4.43. The highest BCUT2D eigenvalue weighted by atomic mass is 14.7. The van der Waals surface area contributed by atoms with Gasteiger partial charge in [-0.05, 0) is 11.6 Å². The summed E-state index contributed by atoms with van der Waals surface area (Å²) in [4.78, 5) is 4.43. The van der Waals surface area contributed by atoms with E-state index in [1.807, 2.05) is 24.4 Å². The van der Waals surface area contributed by atoms with Gasteiger partial charge in [-0.2, -0.15) is 0 Å². The lowest BCUT2D eigenvalue weighted by molar-refractivity contribution is 0.582. The maximum Gasteiger partial charge on any atom is 0.0276 e. The molecule has 1 nitrogen and oxygen atoms in total. The van der Waals surface area contributed by atoms with E-state index < -0.39 is 0 Å². The lowest BCUT2D eigenvalue weighted by Gasteiger charge is -2.21. The molecular formula is C12H17N. The minimum absolute atomic E-state index is 0.137. The van der Waals surface area contributed by atoms with Crippen LogP contribution in [0.5, 0.6) is 0 Å². The van der Waals surface area contributed by atoms with Gasteiger partial charge in [0.05, 0.1) is 0 Å². The zero-order chi connectivity index (χ0) is 9.90. The fourth-order valence-electron chi connectivity index (χ4n) is 1.15. The number of allylic oxidation sites excluding steroid dienone is 4. The van der Waals surface area contributed by atoms with Gasteiger partial charge in [-0.15, -0.1) is 0 Å². The molecule has 0 radical (unpaired) electrons. The molecule has 0 bridgehead atoms. The summed E-state index contributed by atoms with van der Waals surface area (Å²) in [6.45, 7) is 10.5. The highest BCUT2D eigenvalue weighted by molar-refractivity contribution is 5.92. The van der Waals surface area contributed by atoms with Crippen LogP contribution in [-0.2, 0) is 0 Å². The molecule has 0 spiro atoms. The predicted octanol–water partition coefficient (Wildman–Crippen LogP) is 3.50. The molecule has 0 fully saturated rings. The van der Waals surface area contributed by atoms with Crippen molar-refractivity contribution in [3.8, 4) is 0 Å². The van der Waals surface area contributed by atoms with Crippen molar-refractivity contribution in [3.05, 3.63) is 36.6 Å². The van der Waals surface area contributed by atoms with Crippen LogP contribution in [0.2, 0.25) is 0 Å². The van der Waals surface area contributed by atoms with Crippen LogP contribution < -0.4 is 0 Å². The van der Waals surface area contributed by atoms with Crippen molar-refractivity contribution in [2.75, 3.05) is 0 Å². The van der Waals surface area contributed by atoms with Gasteiger partial charge in [0.25, 0.3) is 0 Å². The second kappa shape index (κ2) is 3.73. The first-order valence-electron chi connectivity index (χ1n) is 4.58. The Bertz CT molecular complexity index is 285. The summed E-state index contributed by atoms with van der Waals surface area (Å²) < 4.78 is 0. The van der Waals surface area contributed by atoms with Crippen LogP contribution in [0.25, 0.3) is 0 Å². The third-order valence-corrected chi connectivity index (χ3v) is 2.02. The zero-order valence-corrected chi connectivity index (χ0v) is 8.67. The molecule has 0 N–H and O–H groups in total. The summed E-state index contributed by atoms with van der Waals surface area (Å²) >= 11 is 0. The monoisotopic (exact) mass is 175 g/mol. The Morgan fingerprint density at radius 1 is 1.31 bits per heavy atom. The fourth-order valence-corrected chi connectivity index (χ4v) is 1.15. The zero-order valence-electron chi connectivity index (χ0n) is 8.67. The van der Waals surface area contributed by atoms with E-state index in [0.29, 0.717) is 0 Å². The van der Waals surface area contributed by atoms with Crippen molar-refractivity contribution >= 4 is 5.71 Å².